The number of nitrogens with zero attached hydrogens (tertiary/aromatic N) is 7. The first kappa shape index (κ1) is 20.8. The second-order valence-electron chi connectivity index (χ2n) is 8.04. The Kier molecular flexibility index (Phi) is 5.56. The Morgan fingerprint density at radius 2 is 1.60 bits per heavy atom. The summed E-state index contributed by atoms with van der Waals surface area (Å²) in [5.74, 6) is -0.450. The van der Waals surface area contributed by atoms with Crippen LogP contribution < -0.4 is 4.90 Å². The monoisotopic (exact) mass is 425 g/mol. The Hall–Kier alpha value is -2.43. The molecule has 2 saturated heterocycles. The van der Waals surface area contributed by atoms with Crippen molar-refractivity contribution in [1.29, 1.82) is 0 Å². The normalized spacial score (nSPS) is 19.0. The molecule has 2 aliphatic heterocycles. The average Bonchev–Trinajstić information content (AvgIpc) is 3.17. The van der Waals surface area contributed by atoms with Crippen molar-refractivity contribution in [2.75, 3.05) is 50.7 Å². The number of carbonyl (C=O) groups is 1. The van der Waals surface area contributed by atoms with Gasteiger partial charge in [-0.25, -0.2) is 0 Å². The minimum Gasteiger partial charge on any atom is -0.352 e. The summed E-state index contributed by atoms with van der Waals surface area (Å²) in [5, 5.41) is 11.2. The highest BCUT2D eigenvalue weighted by atomic mass is 19.4. The van der Waals surface area contributed by atoms with Gasteiger partial charge in [0.15, 0.2) is 11.5 Å². The van der Waals surface area contributed by atoms with Crippen molar-refractivity contribution in [2.45, 2.75) is 39.3 Å². The molecule has 4 rings (SSSR count). The highest BCUT2D eigenvalue weighted by Crippen LogP contribution is 2.30. The topological polar surface area (TPSA) is 69.9 Å². The number of amides is 1. The zero-order valence-corrected chi connectivity index (χ0v) is 17.2. The molecule has 0 aliphatic carbocycles. The minimum atomic E-state index is -4.63. The second kappa shape index (κ2) is 8.01. The molecule has 11 heteroatoms. The van der Waals surface area contributed by atoms with E-state index in [1.807, 2.05) is 16.7 Å². The van der Waals surface area contributed by atoms with Crippen molar-refractivity contribution in [3.63, 3.8) is 0 Å². The molecule has 2 aliphatic rings. The summed E-state index contributed by atoms with van der Waals surface area (Å²) in [5.41, 5.74) is 1.54. The third kappa shape index (κ3) is 3.94. The van der Waals surface area contributed by atoms with Crippen LogP contribution in [0.15, 0.2) is 0 Å². The molecule has 164 valence electrons. The fourth-order valence-electron chi connectivity index (χ4n) is 4.14. The van der Waals surface area contributed by atoms with E-state index in [-0.39, 0.29) is 11.6 Å². The van der Waals surface area contributed by atoms with Crippen LogP contribution in [0.3, 0.4) is 0 Å². The molecule has 0 aromatic carbocycles. The number of piperidine rings is 1. The van der Waals surface area contributed by atoms with Crippen molar-refractivity contribution < 1.29 is 18.0 Å². The van der Waals surface area contributed by atoms with E-state index >= 15 is 0 Å². The molecule has 2 aromatic heterocycles. The van der Waals surface area contributed by atoms with E-state index in [0.717, 1.165) is 36.0 Å². The van der Waals surface area contributed by atoms with Gasteiger partial charge in [0.2, 0.25) is 5.91 Å². The van der Waals surface area contributed by atoms with E-state index in [2.05, 4.69) is 20.2 Å². The van der Waals surface area contributed by atoms with E-state index in [1.165, 1.54) is 6.42 Å². The first-order valence-electron chi connectivity index (χ1n) is 10.3. The second-order valence-corrected chi connectivity index (χ2v) is 8.04. The molecular weight excluding hydrogens is 399 g/mol. The molecule has 0 atom stereocenters. The van der Waals surface area contributed by atoms with Gasteiger partial charge in [-0.3, -0.25) is 9.69 Å². The molecule has 0 N–H and O–H groups in total. The molecule has 0 spiro atoms. The largest absolute Gasteiger partial charge is 0.453 e. The van der Waals surface area contributed by atoms with Crippen LogP contribution in [0.1, 0.15) is 36.2 Å². The maximum absolute atomic E-state index is 13.3. The minimum absolute atomic E-state index is 0.120. The summed E-state index contributed by atoms with van der Waals surface area (Å²) in [4.78, 5) is 18.5. The number of aryl methyl sites for hydroxylation is 1. The summed E-state index contributed by atoms with van der Waals surface area (Å²) < 4.78 is 40.6. The Morgan fingerprint density at radius 1 is 0.933 bits per heavy atom. The molecule has 0 saturated carbocycles. The predicted octanol–water partition coefficient (Wildman–Crippen LogP) is 1.89. The number of hydrogen-bond donors (Lipinski definition) is 0. The number of rotatable bonds is 3. The summed E-state index contributed by atoms with van der Waals surface area (Å²) in [6, 6.07) is 0. The van der Waals surface area contributed by atoms with Gasteiger partial charge in [0.25, 0.3) is 5.82 Å². The molecule has 30 heavy (non-hydrogen) atoms. The van der Waals surface area contributed by atoms with Gasteiger partial charge >= 0.3 is 6.18 Å². The lowest BCUT2D eigenvalue weighted by Crippen LogP contribution is -2.51. The highest BCUT2D eigenvalue weighted by Gasteiger charge is 2.38. The Morgan fingerprint density at radius 3 is 2.23 bits per heavy atom. The lowest BCUT2D eigenvalue weighted by Gasteiger charge is -2.37. The van der Waals surface area contributed by atoms with Crippen LogP contribution in [0.25, 0.3) is 5.65 Å². The molecular formula is C19H26F3N7O. The molecule has 2 fully saturated rings. The Bertz CT molecular complexity index is 928. The summed E-state index contributed by atoms with van der Waals surface area (Å²) in [6.07, 6.45) is -1.31. The van der Waals surface area contributed by atoms with Gasteiger partial charge in [-0.15, -0.1) is 15.3 Å². The number of hydrogen-bond acceptors (Lipinski definition) is 6. The van der Waals surface area contributed by atoms with Crippen molar-refractivity contribution in [2.24, 2.45) is 0 Å². The van der Waals surface area contributed by atoms with Gasteiger partial charge in [-0.2, -0.15) is 17.7 Å². The third-order valence-electron chi connectivity index (χ3n) is 6.06. The number of carbonyl (C=O) groups excluding carboxylic acids is 1. The average molecular weight is 425 g/mol. The number of alkyl halides is 3. The van der Waals surface area contributed by atoms with Crippen LogP contribution in [0.4, 0.5) is 19.0 Å². The van der Waals surface area contributed by atoms with Crippen LogP contribution in [-0.4, -0.2) is 81.3 Å². The molecule has 2 aromatic rings. The van der Waals surface area contributed by atoms with Crippen molar-refractivity contribution in [3.05, 3.63) is 17.0 Å². The number of aromatic nitrogens is 4. The maximum atomic E-state index is 13.3. The zero-order chi connectivity index (χ0) is 21.5. The van der Waals surface area contributed by atoms with Gasteiger partial charge in [0, 0.05) is 50.4 Å². The maximum Gasteiger partial charge on any atom is 0.453 e. The summed E-state index contributed by atoms with van der Waals surface area (Å²) in [6.45, 7) is 8.14. The van der Waals surface area contributed by atoms with Gasteiger partial charge < -0.3 is 9.80 Å². The smallest absolute Gasteiger partial charge is 0.352 e. The van der Waals surface area contributed by atoms with E-state index in [4.69, 9.17) is 0 Å². The van der Waals surface area contributed by atoms with Gasteiger partial charge in [0.05, 0.1) is 6.54 Å². The number of anilines is 1. The first-order chi connectivity index (χ1) is 14.3. The Labute approximate surface area is 172 Å². The number of likely N-dealkylation sites (tertiary alicyclic amines) is 1. The molecule has 4 heterocycles. The van der Waals surface area contributed by atoms with Crippen LogP contribution in [0.5, 0.6) is 0 Å². The van der Waals surface area contributed by atoms with Crippen molar-refractivity contribution >= 4 is 17.4 Å². The SMILES string of the molecule is Cc1c(N2CCN(CC(=O)N3CCCCC3)CC2)nn2c(C(F)(F)F)nnc2c1C. The fraction of sp³-hybridized carbons (Fsp3) is 0.684. The van der Waals surface area contributed by atoms with Gasteiger partial charge in [-0.05, 0) is 33.1 Å². The summed E-state index contributed by atoms with van der Waals surface area (Å²) >= 11 is 0. The lowest BCUT2D eigenvalue weighted by atomic mass is 10.1. The molecule has 8 nitrogen and oxygen atoms in total. The molecule has 0 radical (unpaired) electrons. The number of halogens is 3. The molecule has 0 bridgehead atoms. The predicted molar refractivity (Wildman–Crippen MR) is 104 cm³/mol. The van der Waals surface area contributed by atoms with Gasteiger partial charge in [0.1, 0.15) is 0 Å². The van der Waals surface area contributed by atoms with Crippen molar-refractivity contribution in [3.8, 4) is 0 Å². The highest BCUT2D eigenvalue weighted by molar-refractivity contribution is 5.78. The quantitative estimate of drug-likeness (QED) is 0.748. The van der Waals surface area contributed by atoms with E-state index < -0.39 is 12.0 Å². The fourth-order valence-corrected chi connectivity index (χ4v) is 4.14. The van der Waals surface area contributed by atoms with Crippen LogP contribution >= 0.6 is 0 Å². The van der Waals surface area contributed by atoms with Gasteiger partial charge in [-0.1, -0.05) is 0 Å². The van der Waals surface area contributed by atoms with E-state index in [1.54, 1.807) is 6.92 Å². The number of fused-ring (bicyclic) bond motifs is 1. The zero-order valence-electron chi connectivity index (χ0n) is 17.2. The molecule has 0 unspecified atom stereocenters. The van der Waals surface area contributed by atoms with E-state index in [0.29, 0.717) is 44.1 Å². The third-order valence-corrected chi connectivity index (χ3v) is 6.06. The summed E-state index contributed by atoms with van der Waals surface area (Å²) in [7, 11) is 0. The Balaban J connectivity index is 1.48. The number of piperazine rings is 1. The van der Waals surface area contributed by atoms with Crippen molar-refractivity contribution in [1.82, 2.24) is 29.6 Å². The standard InChI is InChI=1S/C19H26F3N7O/c1-13-14(2)17(25-29-16(13)23-24-18(29)19(20,21)22)28-10-8-26(9-11-28)12-15(30)27-6-4-3-5-7-27/h3-12H2,1-2H3. The van der Waals surface area contributed by atoms with Crippen LogP contribution in [0.2, 0.25) is 0 Å². The first-order valence-corrected chi connectivity index (χ1v) is 10.3. The molecule has 1 amide bonds. The van der Waals surface area contributed by atoms with E-state index in [9.17, 15) is 18.0 Å². The van der Waals surface area contributed by atoms with Crippen LogP contribution in [0, 0.1) is 13.8 Å². The lowest BCUT2D eigenvalue weighted by molar-refractivity contribution is -0.146. The van der Waals surface area contributed by atoms with Crippen LogP contribution in [-0.2, 0) is 11.0 Å².